The van der Waals surface area contributed by atoms with Gasteiger partial charge in [-0.2, -0.15) is 0 Å². The molecular weight excluding hydrogens is 326 g/mol. The number of sulfone groups is 1. The number of aliphatic imine (C=N–C) groups is 1. The molecule has 1 atom stereocenters. The van der Waals surface area contributed by atoms with Crippen LogP contribution in [0, 0.1) is 0 Å². The Balaban J connectivity index is 1.94. The first kappa shape index (κ1) is 18.6. The van der Waals surface area contributed by atoms with Gasteiger partial charge in [-0.3, -0.25) is 4.99 Å². The average Bonchev–Trinajstić information content (AvgIpc) is 2.88. The zero-order valence-electron chi connectivity index (χ0n) is 14.4. The lowest BCUT2D eigenvalue weighted by Gasteiger charge is -2.16. The third-order valence-corrected chi connectivity index (χ3v) is 5.61. The Hall–Kier alpha value is -1.76. The molecule has 0 spiro atoms. The van der Waals surface area contributed by atoms with Gasteiger partial charge in [0.1, 0.15) is 5.75 Å². The van der Waals surface area contributed by atoms with Crippen molar-refractivity contribution in [2.45, 2.75) is 32.7 Å². The molecule has 2 rings (SSSR count). The maximum atomic E-state index is 11.6. The van der Waals surface area contributed by atoms with E-state index < -0.39 is 9.84 Å². The topological polar surface area (TPSA) is 79.8 Å². The Labute approximate surface area is 144 Å². The molecule has 0 aliphatic carbocycles. The van der Waals surface area contributed by atoms with E-state index in [1.165, 1.54) is 0 Å². The fraction of sp³-hybridized carbons (Fsp3) is 0.588. The van der Waals surface area contributed by atoms with Gasteiger partial charge in [-0.15, -0.1) is 0 Å². The second-order valence-corrected chi connectivity index (χ2v) is 8.02. The molecule has 134 valence electrons. The van der Waals surface area contributed by atoms with Crippen LogP contribution in [0.3, 0.4) is 0 Å². The van der Waals surface area contributed by atoms with Gasteiger partial charge in [0.25, 0.3) is 0 Å². The fourth-order valence-electron chi connectivity index (χ4n) is 2.72. The number of para-hydroxylation sites is 1. The van der Waals surface area contributed by atoms with Crippen molar-refractivity contribution in [2.75, 3.05) is 31.2 Å². The van der Waals surface area contributed by atoms with Gasteiger partial charge in [0.2, 0.25) is 0 Å². The normalized spacial score (nSPS) is 19.9. The lowest BCUT2D eigenvalue weighted by Crippen LogP contribution is -2.44. The highest BCUT2D eigenvalue weighted by atomic mass is 32.2. The van der Waals surface area contributed by atoms with Crippen molar-refractivity contribution in [1.29, 1.82) is 0 Å². The first-order valence-electron chi connectivity index (χ1n) is 8.50. The van der Waals surface area contributed by atoms with Gasteiger partial charge < -0.3 is 15.4 Å². The minimum Gasteiger partial charge on any atom is -0.494 e. The van der Waals surface area contributed by atoms with E-state index in [4.69, 9.17) is 4.74 Å². The van der Waals surface area contributed by atoms with Gasteiger partial charge in [-0.25, -0.2) is 8.42 Å². The summed E-state index contributed by atoms with van der Waals surface area (Å²) in [6.45, 7) is 5.95. The van der Waals surface area contributed by atoms with Crippen LogP contribution in [0.25, 0.3) is 0 Å². The smallest absolute Gasteiger partial charge is 0.191 e. The number of ether oxygens (including phenoxy) is 1. The summed E-state index contributed by atoms with van der Waals surface area (Å²) < 4.78 is 28.8. The molecule has 0 radical (unpaired) electrons. The van der Waals surface area contributed by atoms with Gasteiger partial charge in [-0.1, -0.05) is 18.2 Å². The van der Waals surface area contributed by atoms with E-state index in [0.717, 1.165) is 24.3 Å². The van der Waals surface area contributed by atoms with E-state index >= 15 is 0 Å². The second kappa shape index (κ2) is 8.92. The molecule has 1 aromatic carbocycles. The van der Waals surface area contributed by atoms with Crippen molar-refractivity contribution in [1.82, 2.24) is 10.6 Å². The number of nitrogens with one attached hydrogen (secondary N) is 2. The van der Waals surface area contributed by atoms with E-state index in [1.807, 2.05) is 38.1 Å². The van der Waals surface area contributed by atoms with Crippen molar-refractivity contribution < 1.29 is 13.2 Å². The maximum absolute atomic E-state index is 11.6. The van der Waals surface area contributed by atoms with E-state index in [2.05, 4.69) is 15.6 Å². The molecule has 1 fully saturated rings. The molecule has 1 aliphatic rings. The molecule has 1 heterocycles. The number of guanidine groups is 1. The van der Waals surface area contributed by atoms with Crippen molar-refractivity contribution in [3.8, 4) is 5.75 Å². The molecule has 1 aromatic rings. The second-order valence-electron chi connectivity index (χ2n) is 5.80. The van der Waals surface area contributed by atoms with Gasteiger partial charge in [-0.05, 0) is 38.3 Å². The standard InChI is InChI=1S/C17H27N3O3S/c1-3-18-17(20-15-10-12-24(21,22)13-15)19-11-9-14-7-5-6-8-16(14)23-4-2/h5-8,15H,3-4,9-13H2,1-2H3,(H2,18,19,20). The summed E-state index contributed by atoms with van der Waals surface area (Å²) in [6, 6.07) is 7.92. The van der Waals surface area contributed by atoms with Crippen LogP contribution >= 0.6 is 0 Å². The lowest BCUT2D eigenvalue weighted by atomic mass is 10.1. The molecule has 1 aliphatic heterocycles. The number of hydrogen-bond acceptors (Lipinski definition) is 4. The monoisotopic (exact) mass is 353 g/mol. The van der Waals surface area contributed by atoms with Crippen LogP contribution < -0.4 is 15.4 Å². The molecule has 0 amide bonds. The SMILES string of the molecule is CCNC(=NCCc1ccccc1OCC)NC1CCS(=O)(=O)C1. The Bertz CT molecular complexity index is 659. The van der Waals surface area contributed by atoms with E-state index in [1.54, 1.807) is 0 Å². The predicted octanol–water partition coefficient (Wildman–Crippen LogP) is 1.37. The van der Waals surface area contributed by atoms with Crippen LogP contribution in [0.2, 0.25) is 0 Å². The molecule has 1 saturated heterocycles. The van der Waals surface area contributed by atoms with Gasteiger partial charge in [0, 0.05) is 19.1 Å². The first-order valence-corrected chi connectivity index (χ1v) is 10.3. The number of hydrogen-bond donors (Lipinski definition) is 2. The number of benzene rings is 1. The van der Waals surface area contributed by atoms with Gasteiger partial charge in [0.15, 0.2) is 15.8 Å². The molecule has 0 saturated carbocycles. The molecule has 7 heteroatoms. The summed E-state index contributed by atoms with van der Waals surface area (Å²) >= 11 is 0. The Morgan fingerprint density at radius 3 is 2.79 bits per heavy atom. The number of nitrogens with zero attached hydrogens (tertiary/aromatic N) is 1. The molecule has 6 nitrogen and oxygen atoms in total. The zero-order valence-corrected chi connectivity index (χ0v) is 15.2. The summed E-state index contributed by atoms with van der Waals surface area (Å²) in [7, 11) is -2.89. The average molecular weight is 353 g/mol. The van der Waals surface area contributed by atoms with Crippen LogP contribution in [0.4, 0.5) is 0 Å². The summed E-state index contributed by atoms with van der Waals surface area (Å²) in [5, 5.41) is 6.40. The van der Waals surface area contributed by atoms with Gasteiger partial charge in [0.05, 0.1) is 18.1 Å². The van der Waals surface area contributed by atoms with Gasteiger partial charge >= 0.3 is 0 Å². The maximum Gasteiger partial charge on any atom is 0.191 e. The molecule has 0 bridgehead atoms. The van der Waals surface area contributed by atoms with E-state index in [9.17, 15) is 8.42 Å². The van der Waals surface area contributed by atoms with Crippen LogP contribution in [-0.2, 0) is 16.3 Å². The van der Waals surface area contributed by atoms with E-state index in [-0.39, 0.29) is 17.5 Å². The fourth-order valence-corrected chi connectivity index (χ4v) is 4.39. The summed E-state index contributed by atoms with van der Waals surface area (Å²) in [5.41, 5.74) is 1.13. The third-order valence-electron chi connectivity index (χ3n) is 3.84. The first-order chi connectivity index (χ1) is 11.5. The quantitative estimate of drug-likeness (QED) is 0.572. The minimum absolute atomic E-state index is 0.0523. The highest BCUT2D eigenvalue weighted by molar-refractivity contribution is 7.91. The predicted molar refractivity (Wildman–Crippen MR) is 97.5 cm³/mol. The molecule has 24 heavy (non-hydrogen) atoms. The van der Waals surface area contributed by atoms with Crippen LogP contribution in [0.5, 0.6) is 5.75 Å². The number of rotatable bonds is 7. The largest absolute Gasteiger partial charge is 0.494 e. The van der Waals surface area contributed by atoms with Crippen molar-refractivity contribution in [3.05, 3.63) is 29.8 Å². The Morgan fingerprint density at radius 1 is 1.33 bits per heavy atom. The summed E-state index contributed by atoms with van der Waals surface area (Å²) in [5.74, 6) is 2.01. The molecule has 2 N–H and O–H groups in total. The molecule has 1 unspecified atom stereocenters. The van der Waals surface area contributed by atoms with Crippen molar-refractivity contribution in [2.24, 2.45) is 4.99 Å². The van der Waals surface area contributed by atoms with Crippen LogP contribution in [0.15, 0.2) is 29.3 Å². The molecular formula is C17H27N3O3S. The third kappa shape index (κ3) is 5.70. The highest BCUT2D eigenvalue weighted by Crippen LogP contribution is 2.18. The van der Waals surface area contributed by atoms with Crippen LogP contribution in [-0.4, -0.2) is 51.6 Å². The molecule has 0 aromatic heterocycles. The Morgan fingerprint density at radius 2 is 2.12 bits per heavy atom. The minimum atomic E-state index is -2.89. The van der Waals surface area contributed by atoms with Crippen molar-refractivity contribution >= 4 is 15.8 Å². The lowest BCUT2D eigenvalue weighted by molar-refractivity contribution is 0.336. The zero-order chi connectivity index (χ0) is 17.4. The van der Waals surface area contributed by atoms with E-state index in [0.29, 0.717) is 25.5 Å². The van der Waals surface area contributed by atoms with Crippen LogP contribution in [0.1, 0.15) is 25.8 Å². The highest BCUT2D eigenvalue weighted by Gasteiger charge is 2.28. The Kier molecular flexibility index (Phi) is 6.90. The summed E-state index contributed by atoms with van der Waals surface area (Å²) in [6.07, 6.45) is 1.41. The van der Waals surface area contributed by atoms with Crippen molar-refractivity contribution in [3.63, 3.8) is 0 Å². The summed E-state index contributed by atoms with van der Waals surface area (Å²) in [4.78, 5) is 4.57.